The van der Waals surface area contributed by atoms with Crippen molar-refractivity contribution in [3.05, 3.63) is 0 Å². The van der Waals surface area contributed by atoms with Crippen LogP contribution >= 0.6 is 12.6 Å². The van der Waals surface area contributed by atoms with E-state index >= 15 is 0 Å². The molecule has 1 N–H and O–H groups in total. The van der Waals surface area contributed by atoms with Crippen LogP contribution in [-0.2, 0) is 15.1 Å². The van der Waals surface area contributed by atoms with Crippen molar-refractivity contribution < 1.29 is 18.3 Å². The lowest BCUT2D eigenvalue weighted by Crippen LogP contribution is -2.14. The number of aliphatic carboxylic acids is 1. The molecule has 0 aliphatic carbocycles. The molecule has 9 heavy (non-hydrogen) atoms. The molecular weight excluding hydrogens is 164 g/mol. The SMILES string of the molecule is O=C(O)C(S)C=S(=O)=O. The summed E-state index contributed by atoms with van der Waals surface area (Å²) in [5.41, 5.74) is 0. The molecule has 0 radical (unpaired) electrons. The van der Waals surface area contributed by atoms with Gasteiger partial charge in [0.1, 0.15) is 5.25 Å². The highest BCUT2D eigenvalue weighted by molar-refractivity contribution is 7.84. The Morgan fingerprint density at radius 1 is 1.67 bits per heavy atom. The summed E-state index contributed by atoms with van der Waals surface area (Å²) >= 11 is 3.42. The molecule has 0 amide bonds. The van der Waals surface area contributed by atoms with Gasteiger partial charge < -0.3 is 5.11 Å². The van der Waals surface area contributed by atoms with E-state index in [0.29, 0.717) is 5.37 Å². The summed E-state index contributed by atoms with van der Waals surface area (Å²) in [7, 11) is -2.45. The van der Waals surface area contributed by atoms with E-state index in [-0.39, 0.29) is 0 Å². The van der Waals surface area contributed by atoms with E-state index in [2.05, 4.69) is 12.6 Å². The first-order chi connectivity index (χ1) is 4.04. The lowest BCUT2D eigenvalue weighted by atomic mass is 10.5. The first kappa shape index (κ1) is 8.51. The molecule has 0 aromatic carbocycles. The minimum atomic E-state index is -2.45. The van der Waals surface area contributed by atoms with Gasteiger partial charge in [0, 0.05) is 0 Å². The fourth-order valence-corrected chi connectivity index (χ4v) is 0.789. The molecule has 0 aromatic heterocycles. The monoisotopic (exact) mass is 168 g/mol. The molecule has 1 unspecified atom stereocenters. The van der Waals surface area contributed by atoms with Crippen LogP contribution in [-0.4, -0.2) is 30.1 Å². The van der Waals surface area contributed by atoms with Crippen molar-refractivity contribution in [1.29, 1.82) is 0 Å². The average molecular weight is 168 g/mol. The number of carboxylic acid groups (broad SMARTS) is 1. The first-order valence-corrected chi connectivity index (χ1v) is 3.53. The third-order valence-corrected chi connectivity index (χ3v) is 1.56. The van der Waals surface area contributed by atoms with E-state index < -0.39 is 21.5 Å². The third kappa shape index (κ3) is 4.04. The second-order valence-corrected chi connectivity index (χ2v) is 2.53. The summed E-state index contributed by atoms with van der Waals surface area (Å²) in [5, 5.41) is 7.41. The molecule has 0 aromatic rings. The maximum Gasteiger partial charge on any atom is 0.321 e. The zero-order valence-electron chi connectivity index (χ0n) is 4.18. The quantitative estimate of drug-likeness (QED) is 0.412. The third-order valence-electron chi connectivity index (χ3n) is 0.493. The average Bonchev–Trinajstić information content (AvgIpc) is 1.63. The van der Waals surface area contributed by atoms with E-state index in [9.17, 15) is 13.2 Å². The van der Waals surface area contributed by atoms with Crippen LogP contribution in [0.3, 0.4) is 0 Å². The number of thiol groups is 1. The Balaban J connectivity index is 4.26. The van der Waals surface area contributed by atoms with Gasteiger partial charge in [-0.3, -0.25) is 4.79 Å². The Labute approximate surface area is 58.4 Å². The molecule has 0 aliphatic heterocycles. The van der Waals surface area contributed by atoms with Crippen LogP contribution in [0.5, 0.6) is 0 Å². The van der Waals surface area contributed by atoms with Crippen LogP contribution in [0.15, 0.2) is 0 Å². The zero-order valence-corrected chi connectivity index (χ0v) is 5.89. The van der Waals surface area contributed by atoms with Crippen molar-refractivity contribution >= 4 is 34.3 Å². The standard InChI is InChI=1S/C3H4O4S2/c4-3(5)2(8)1-9(6)7/h1-2,8H,(H,4,5). The zero-order chi connectivity index (χ0) is 7.44. The molecule has 52 valence electrons. The van der Waals surface area contributed by atoms with Crippen molar-refractivity contribution in [2.45, 2.75) is 5.25 Å². The van der Waals surface area contributed by atoms with E-state index in [1.165, 1.54) is 0 Å². The summed E-state index contributed by atoms with van der Waals surface area (Å²) in [6.45, 7) is 0. The van der Waals surface area contributed by atoms with Gasteiger partial charge in [-0.2, -0.15) is 21.0 Å². The summed E-state index contributed by atoms with van der Waals surface area (Å²) in [6.07, 6.45) is 0. The Hall–Kier alpha value is -0.490. The second-order valence-electron chi connectivity index (χ2n) is 1.18. The molecule has 0 saturated carbocycles. The van der Waals surface area contributed by atoms with Gasteiger partial charge in [0.2, 0.25) is 10.3 Å². The lowest BCUT2D eigenvalue weighted by molar-refractivity contribution is -0.134. The van der Waals surface area contributed by atoms with Gasteiger partial charge in [-0.25, -0.2) is 0 Å². The van der Waals surface area contributed by atoms with Crippen LogP contribution in [0.1, 0.15) is 0 Å². The Morgan fingerprint density at radius 2 is 2.11 bits per heavy atom. The predicted molar refractivity (Wildman–Crippen MR) is 35.4 cm³/mol. The van der Waals surface area contributed by atoms with Crippen molar-refractivity contribution in [2.75, 3.05) is 0 Å². The highest BCUT2D eigenvalue weighted by atomic mass is 32.2. The van der Waals surface area contributed by atoms with E-state index in [1.54, 1.807) is 0 Å². The normalized spacial score (nSPS) is 12.1. The minimum absolute atomic E-state index is 0.589. The fourth-order valence-electron chi connectivity index (χ4n) is 0.163. The number of carbonyl (C=O) groups is 1. The van der Waals surface area contributed by atoms with E-state index in [1.807, 2.05) is 0 Å². The van der Waals surface area contributed by atoms with Gasteiger partial charge >= 0.3 is 5.97 Å². The van der Waals surface area contributed by atoms with Gasteiger partial charge in [0.15, 0.2) is 0 Å². The molecule has 0 fully saturated rings. The highest BCUT2D eigenvalue weighted by Crippen LogP contribution is 1.87. The Morgan fingerprint density at radius 3 is 2.22 bits per heavy atom. The van der Waals surface area contributed by atoms with Crippen LogP contribution in [0.4, 0.5) is 0 Å². The van der Waals surface area contributed by atoms with Crippen molar-refractivity contribution in [3.8, 4) is 0 Å². The number of hydrogen-bond acceptors (Lipinski definition) is 4. The molecule has 0 rings (SSSR count). The van der Waals surface area contributed by atoms with Crippen LogP contribution in [0.25, 0.3) is 0 Å². The van der Waals surface area contributed by atoms with E-state index in [0.717, 1.165) is 0 Å². The van der Waals surface area contributed by atoms with Gasteiger partial charge in [-0.1, -0.05) is 0 Å². The van der Waals surface area contributed by atoms with Crippen molar-refractivity contribution in [3.63, 3.8) is 0 Å². The smallest absolute Gasteiger partial charge is 0.321 e. The van der Waals surface area contributed by atoms with Crippen LogP contribution < -0.4 is 0 Å². The molecular formula is C3H4O4S2. The summed E-state index contributed by atoms with van der Waals surface area (Å²) < 4.78 is 19.5. The molecule has 1 atom stereocenters. The molecule has 4 nitrogen and oxygen atoms in total. The van der Waals surface area contributed by atoms with E-state index in [4.69, 9.17) is 5.11 Å². The minimum Gasteiger partial charge on any atom is -0.480 e. The largest absolute Gasteiger partial charge is 0.480 e. The molecule has 0 aliphatic rings. The van der Waals surface area contributed by atoms with Gasteiger partial charge in [-0.05, 0) is 0 Å². The summed E-state index contributed by atoms with van der Waals surface area (Å²) in [6, 6.07) is 0. The van der Waals surface area contributed by atoms with Crippen molar-refractivity contribution in [1.82, 2.24) is 0 Å². The number of carboxylic acids is 1. The molecule has 0 heterocycles. The van der Waals surface area contributed by atoms with Gasteiger partial charge in [0.05, 0.1) is 5.37 Å². The van der Waals surface area contributed by atoms with Crippen LogP contribution in [0, 0.1) is 0 Å². The maximum absolute atomic E-state index is 9.85. The molecule has 0 spiro atoms. The fraction of sp³-hybridized carbons (Fsp3) is 0.333. The molecule has 0 bridgehead atoms. The Bertz CT molecular complexity index is 218. The molecule has 0 saturated heterocycles. The predicted octanol–water partition coefficient (Wildman–Crippen LogP) is -0.949. The topological polar surface area (TPSA) is 71.4 Å². The molecule has 6 heteroatoms. The Kier molecular flexibility index (Phi) is 3.33. The first-order valence-electron chi connectivity index (χ1n) is 1.88. The second kappa shape index (κ2) is 3.52. The van der Waals surface area contributed by atoms with Gasteiger partial charge in [-0.15, -0.1) is 0 Å². The maximum atomic E-state index is 9.85. The number of hydrogen-bond donors (Lipinski definition) is 2. The summed E-state index contributed by atoms with van der Waals surface area (Å²) in [4.78, 5) is 9.85. The van der Waals surface area contributed by atoms with Crippen LogP contribution in [0.2, 0.25) is 0 Å². The number of rotatable bonds is 2. The highest BCUT2D eigenvalue weighted by Gasteiger charge is 2.07. The van der Waals surface area contributed by atoms with Crippen molar-refractivity contribution in [2.24, 2.45) is 0 Å². The van der Waals surface area contributed by atoms with Gasteiger partial charge in [0.25, 0.3) is 0 Å². The lowest BCUT2D eigenvalue weighted by Gasteiger charge is -1.89. The summed E-state index contributed by atoms with van der Waals surface area (Å²) in [5.74, 6) is -1.28.